The zero-order chi connectivity index (χ0) is 17.5. The maximum atomic E-state index is 11.9. The highest BCUT2D eigenvalue weighted by atomic mass is 16.3. The minimum absolute atomic E-state index is 0.0117. The molecule has 6 nitrogen and oxygen atoms in total. The molecule has 24 heavy (non-hydrogen) atoms. The van der Waals surface area contributed by atoms with E-state index in [4.69, 9.17) is 5.11 Å². The molecule has 2 rings (SSSR count). The van der Waals surface area contributed by atoms with Crippen LogP contribution in [0, 0.1) is 5.92 Å². The number of benzene rings is 1. The quantitative estimate of drug-likeness (QED) is 0.758. The molecule has 0 radical (unpaired) electrons. The van der Waals surface area contributed by atoms with Gasteiger partial charge in [-0.1, -0.05) is 25.1 Å². The average molecular weight is 329 g/mol. The van der Waals surface area contributed by atoms with Gasteiger partial charge in [-0.05, 0) is 36.6 Å². The van der Waals surface area contributed by atoms with E-state index in [2.05, 4.69) is 10.6 Å². The molecule has 0 aliphatic carbocycles. The third-order valence-corrected chi connectivity index (χ3v) is 3.96. The van der Waals surface area contributed by atoms with Crippen molar-refractivity contribution >= 4 is 11.7 Å². The van der Waals surface area contributed by atoms with Gasteiger partial charge in [0.1, 0.15) is 0 Å². The lowest BCUT2D eigenvalue weighted by Crippen LogP contribution is -2.40. The first kappa shape index (κ1) is 17.7. The Morgan fingerprint density at radius 2 is 1.88 bits per heavy atom. The Bertz CT molecular complexity index is 725. The summed E-state index contributed by atoms with van der Waals surface area (Å²) in [5.41, 5.74) is 1.59. The van der Waals surface area contributed by atoms with Crippen molar-refractivity contribution in [3.63, 3.8) is 0 Å². The van der Waals surface area contributed by atoms with Crippen molar-refractivity contribution in [3.05, 3.63) is 64.6 Å². The lowest BCUT2D eigenvalue weighted by Gasteiger charge is -2.19. The van der Waals surface area contributed by atoms with Crippen LogP contribution in [0.25, 0.3) is 0 Å². The molecule has 6 heteroatoms. The molecule has 0 unspecified atom stereocenters. The van der Waals surface area contributed by atoms with Crippen molar-refractivity contribution in [2.24, 2.45) is 5.92 Å². The zero-order valence-electron chi connectivity index (χ0n) is 13.9. The van der Waals surface area contributed by atoms with Crippen molar-refractivity contribution in [2.75, 3.05) is 11.9 Å². The summed E-state index contributed by atoms with van der Waals surface area (Å²) in [5.74, 6) is -0.0117. The predicted molar refractivity (Wildman–Crippen MR) is 94.1 cm³/mol. The number of carbonyl (C=O) groups is 1. The Balaban J connectivity index is 1.93. The van der Waals surface area contributed by atoms with Gasteiger partial charge in [-0.2, -0.15) is 0 Å². The molecule has 3 N–H and O–H groups in total. The van der Waals surface area contributed by atoms with Crippen LogP contribution in [0.2, 0.25) is 0 Å². The van der Waals surface area contributed by atoms with Crippen molar-refractivity contribution in [2.45, 2.75) is 26.4 Å². The van der Waals surface area contributed by atoms with Crippen LogP contribution in [-0.2, 0) is 6.54 Å². The van der Waals surface area contributed by atoms with Crippen molar-refractivity contribution in [1.29, 1.82) is 0 Å². The van der Waals surface area contributed by atoms with Gasteiger partial charge in [-0.15, -0.1) is 0 Å². The average Bonchev–Trinajstić information content (AvgIpc) is 2.57. The number of urea groups is 1. The summed E-state index contributed by atoms with van der Waals surface area (Å²) in [6.07, 6.45) is 1.74. The van der Waals surface area contributed by atoms with E-state index in [0.29, 0.717) is 12.2 Å². The fourth-order valence-electron chi connectivity index (χ4n) is 2.16. The van der Waals surface area contributed by atoms with Gasteiger partial charge in [0.15, 0.2) is 0 Å². The molecular formula is C18H23N3O3. The van der Waals surface area contributed by atoms with E-state index in [1.54, 1.807) is 29.0 Å². The largest absolute Gasteiger partial charge is 0.396 e. The lowest BCUT2D eigenvalue weighted by atomic mass is 10.1. The van der Waals surface area contributed by atoms with E-state index < -0.39 is 0 Å². The molecule has 0 aliphatic heterocycles. The second-order valence-electron chi connectivity index (χ2n) is 5.91. The number of pyridine rings is 1. The van der Waals surface area contributed by atoms with Crippen LogP contribution >= 0.6 is 0 Å². The van der Waals surface area contributed by atoms with Gasteiger partial charge in [0.05, 0.1) is 6.54 Å². The summed E-state index contributed by atoms with van der Waals surface area (Å²) in [4.78, 5) is 23.6. The van der Waals surface area contributed by atoms with E-state index in [1.165, 1.54) is 6.07 Å². The number of rotatable bonds is 6. The predicted octanol–water partition coefficient (Wildman–Crippen LogP) is 2.04. The van der Waals surface area contributed by atoms with Crippen molar-refractivity contribution < 1.29 is 9.90 Å². The molecule has 128 valence electrons. The smallest absolute Gasteiger partial charge is 0.319 e. The number of nitrogens with one attached hydrogen (secondary N) is 2. The van der Waals surface area contributed by atoms with Crippen LogP contribution in [-0.4, -0.2) is 28.4 Å². The third-order valence-electron chi connectivity index (χ3n) is 3.96. The van der Waals surface area contributed by atoms with Crippen molar-refractivity contribution in [3.8, 4) is 0 Å². The molecule has 0 fully saturated rings. The molecule has 0 aliphatic rings. The molecule has 1 aromatic heterocycles. The van der Waals surface area contributed by atoms with Crippen LogP contribution in [0.15, 0.2) is 53.5 Å². The monoisotopic (exact) mass is 329 g/mol. The molecule has 2 amide bonds. The van der Waals surface area contributed by atoms with Gasteiger partial charge in [-0.3, -0.25) is 4.79 Å². The minimum atomic E-state index is -0.310. The molecule has 1 heterocycles. The molecule has 2 atom stereocenters. The van der Waals surface area contributed by atoms with E-state index in [0.717, 1.165) is 5.56 Å². The van der Waals surface area contributed by atoms with Gasteiger partial charge >= 0.3 is 6.03 Å². The van der Waals surface area contributed by atoms with Gasteiger partial charge in [0.2, 0.25) is 0 Å². The van der Waals surface area contributed by atoms with Crippen molar-refractivity contribution in [1.82, 2.24) is 9.88 Å². The highest BCUT2D eigenvalue weighted by molar-refractivity contribution is 5.89. The Hall–Kier alpha value is -2.60. The van der Waals surface area contributed by atoms with Crippen LogP contribution in [0.3, 0.4) is 0 Å². The Kier molecular flexibility index (Phi) is 6.14. The lowest BCUT2D eigenvalue weighted by molar-refractivity contribution is 0.204. The molecular weight excluding hydrogens is 306 g/mol. The number of aliphatic hydroxyl groups excluding tert-OH is 1. The molecule has 0 saturated heterocycles. The summed E-state index contributed by atoms with van der Waals surface area (Å²) >= 11 is 0. The number of amides is 2. The number of nitrogens with zero attached hydrogens (tertiary/aromatic N) is 1. The van der Waals surface area contributed by atoms with E-state index >= 15 is 0 Å². The highest BCUT2D eigenvalue weighted by Crippen LogP contribution is 2.10. The van der Waals surface area contributed by atoms with Crippen LogP contribution in [0.4, 0.5) is 10.5 Å². The van der Waals surface area contributed by atoms with Gasteiger partial charge in [0.25, 0.3) is 5.56 Å². The number of carbonyl (C=O) groups excluding carboxylic acids is 1. The Labute approximate surface area is 141 Å². The standard InChI is InChI=1S/C18H23N3O3/c1-13(12-22)14(2)19-18(24)20-16-8-6-15(7-9-16)11-21-10-4-3-5-17(21)23/h3-10,13-14,22H,11-12H2,1-2H3,(H2,19,20,24)/t13-,14+/m0/s1. The summed E-state index contributed by atoms with van der Waals surface area (Å²) in [5, 5.41) is 14.6. The number of aromatic nitrogens is 1. The third kappa shape index (κ3) is 4.96. The first-order chi connectivity index (χ1) is 11.5. The zero-order valence-corrected chi connectivity index (χ0v) is 13.9. The van der Waals surface area contributed by atoms with Crippen LogP contribution in [0.1, 0.15) is 19.4 Å². The topological polar surface area (TPSA) is 83.4 Å². The number of hydrogen-bond donors (Lipinski definition) is 3. The normalized spacial score (nSPS) is 13.1. The van der Waals surface area contributed by atoms with Gasteiger partial charge in [0, 0.05) is 30.6 Å². The molecule has 0 saturated carbocycles. The summed E-state index contributed by atoms with van der Waals surface area (Å²) in [6.45, 7) is 4.22. The number of hydrogen-bond acceptors (Lipinski definition) is 3. The molecule has 2 aromatic rings. The van der Waals surface area contributed by atoms with Gasteiger partial charge < -0.3 is 20.3 Å². The van der Waals surface area contributed by atoms with E-state index in [1.807, 2.05) is 32.0 Å². The maximum Gasteiger partial charge on any atom is 0.319 e. The van der Waals surface area contributed by atoms with Crippen LogP contribution < -0.4 is 16.2 Å². The maximum absolute atomic E-state index is 11.9. The first-order valence-electron chi connectivity index (χ1n) is 7.92. The second-order valence-corrected chi connectivity index (χ2v) is 5.91. The summed E-state index contributed by atoms with van der Waals surface area (Å²) < 4.78 is 1.62. The highest BCUT2D eigenvalue weighted by Gasteiger charge is 2.13. The number of anilines is 1. The Morgan fingerprint density at radius 3 is 2.50 bits per heavy atom. The second kappa shape index (κ2) is 8.31. The first-order valence-corrected chi connectivity index (χ1v) is 7.92. The molecule has 0 spiro atoms. The van der Waals surface area contributed by atoms with Gasteiger partial charge in [-0.25, -0.2) is 4.79 Å². The SMILES string of the molecule is C[C@@H](CO)[C@@H](C)NC(=O)Nc1ccc(Cn2ccccc2=O)cc1. The summed E-state index contributed by atoms with van der Waals surface area (Å²) in [6, 6.07) is 11.9. The van der Waals surface area contributed by atoms with E-state index in [9.17, 15) is 9.59 Å². The molecule has 1 aromatic carbocycles. The minimum Gasteiger partial charge on any atom is -0.396 e. The van der Waals surface area contributed by atoms with Crippen LogP contribution in [0.5, 0.6) is 0 Å². The molecule has 0 bridgehead atoms. The Morgan fingerprint density at radius 1 is 1.17 bits per heavy atom. The summed E-state index contributed by atoms with van der Waals surface area (Å²) in [7, 11) is 0. The number of aliphatic hydroxyl groups is 1. The fraction of sp³-hybridized carbons (Fsp3) is 0.333. The fourth-order valence-corrected chi connectivity index (χ4v) is 2.16. The van der Waals surface area contributed by atoms with E-state index in [-0.39, 0.29) is 30.2 Å².